The molecule has 1 heterocycles. The number of hydrogen-bond donors (Lipinski definition) is 2. The van der Waals surface area contributed by atoms with Gasteiger partial charge in [0.1, 0.15) is 6.42 Å². The third-order valence-electron chi connectivity index (χ3n) is 1.92. The number of rotatable bonds is 3. The van der Waals surface area contributed by atoms with E-state index < -0.39 is 0 Å². The van der Waals surface area contributed by atoms with Crippen molar-refractivity contribution in [3.8, 4) is 0 Å². The summed E-state index contributed by atoms with van der Waals surface area (Å²) in [6, 6.07) is -0.298. The van der Waals surface area contributed by atoms with Crippen molar-refractivity contribution >= 4 is 11.9 Å². The van der Waals surface area contributed by atoms with Gasteiger partial charge in [-0.2, -0.15) is 0 Å². The first-order valence-corrected chi connectivity index (χ1v) is 4.50. The van der Waals surface area contributed by atoms with Crippen molar-refractivity contribution in [3.63, 3.8) is 0 Å². The highest BCUT2D eigenvalue weighted by atomic mass is 16.5. The van der Waals surface area contributed by atoms with E-state index in [1.807, 2.05) is 5.32 Å². The predicted octanol–water partition coefficient (Wildman–Crippen LogP) is -2.00. The van der Waals surface area contributed by atoms with E-state index in [0.29, 0.717) is 13.2 Å². The molecule has 1 atom stereocenters. The van der Waals surface area contributed by atoms with Gasteiger partial charge in [0.2, 0.25) is 0 Å². The Morgan fingerprint density at radius 3 is 3.15 bits per heavy atom. The van der Waals surface area contributed by atoms with Crippen LogP contribution in [0.25, 0.3) is 0 Å². The maximum Gasteiger partial charge on any atom is 0.312 e. The Balaban J connectivity index is 2.33. The van der Waals surface area contributed by atoms with Crippen molar-refractivity contribution in [2.24, 2.45) is 0 Å². The van der Waals surface area contributed by atoms with E-state index in [0.717, 1.165) is 6.54 Å². The molecule has 0 aromatic heterocycles. The zero-order valence-corrected chi connectivity index (χ0v) is 7.71. The Morgan fingerprint density at radius 1 is 1.77 bits per heavy atom. The molecule has 74 valence electrons. The molecule has 1 unspecified atom stereocenters. The van der Waals surface area contributed by atoms with Crippen LogP contribution >= 0.6 is 0 Å². The molecule has 1 aliphatic heterocycles. The molecular formula is C8H15N2O3+. The summed E-state index contributed by atoms with van der Waals surface area (Å²) in [6.07, 6.45) is 0.166. The van der Waals surface area contributed by atoms with Crippen LogP contribution in [-0.4, -0.2) is 37.6 Å². The van der Waals surface area contributed by atoms with Crippen LogP contribution in [0.5, 0.6) is 0 Å². The molecule has 0 aromatic rings. The molecule has 5 heteroatoms. The molecule has 0 aromatic carbocycles. The van der Waals surface area contributed by atoms with Gasteiger partial charge < -0.3 is 15.4 Å². The first-order valence-electron chi connectivity index (χ1n) is 4.50. The van der Waals surface area contributed by atoms with Gasteiger partial charge in [-0.15, -0.1) is 0 Å². The highest BCUT2D eigenvalue weighted by molar-refractivity contribution is 5.85. The lowest BCUT2D eigenvalue weighted by Crippen LogP contribution is -2.96. The van der Waals surface area contributed by atoms with E-state index in [9.17, 15) is 9.59 Å². The van der Waals surface area contributed by atoms with E-state index in [1.165, 1.54) is 0 Å². The number of esters is 1. The lowest BCUT2D eigenvalue weighted by Gasteiger charge is -2.19. The van der Waals surface area contributed by atoms with Crippen molar-refractivity contribution < 1.29 is 19.6 Å². The van der Waals surface area contributed by atoms with Crippen LogP contribution in [0.15, 0.2) is 0 Å². The highest BCUT2D eigenvalue weighted by Crippen LogP contribution is 1.92. The number of carbonyl (C=O) groups is 2. The number of piperazine rings is 1. The van der Waals surface area contributed by atoms with Crippen LogP contribution in [0, 0.1) is 0 Å². The second-order valence-electron chi connectivity index (χ2n) is 2.93. The van der Waals surface area contributed by atoms with Gasteiger partial charge in [0, 0.05) is 0 Å². The molecule has 1 saturated heterocycles. The Labute approximate surface area is 76.8 Å². The number of hydrogen-bond acceptors (Lipinski definition) is 3. The minimum Gasteiger partial charge on any atom is -0.466 e. The van der Waals surface area contributed by atoms with E-state index in [-0.39, 0.29) is 24.3 Å². The van der Waals surface area contributed by atoms with Gasteiger partial charge in [0.05, 0.1) is 19.7 Å². The van der Waals surface area contributed by atoms with Gasteiger partial charge in [-0.1, -0.05) is 0 Å². The average Bonchev–Trinajstić information content (AvgIpc) is 2.09. The van der Waals surface area contributed by atoms with Crippen molar-refractivity contribution in [3.05, 3.63) is 0 Å². The average molecular weight is 187 g/mol. The fourth-order valence-corrected chi connectivity index (χ4v) is 1.29. The second-order valence-corrected chi connectivity index (χ2v) is 2.93. The molecule has 3 N–H and O–H groups in total. The Hall–Kier alpha value is -1.10. The summed E-state index contributed by atoms with van der Waals surface area (Å²) >= 11 is 0. The molecule has 1 aliphatic rings. The van der Waals surface area contributed by atoms with Crippen molar-refractivity contribution in [1.29, 1.82) is 0 Å². The predicted molar refractivity (Wildman–Crippen MR) is 44.8 cm³/mol. The summed E-state index contributed by atoms with van der Waals surface area (Å²) < 4.78 is 4.75. The van der Waals surface area contributed by atoms with Crippen LogP contribution in [-0.2, 0) is 14.3 Å². The number of carbonyl (C=O) groups excluding carboxylic acids is 2. The SMILES string of the molecule is CCOC(=O)CC1[NH2+]CCNC1=O. The molecule has 0 saturated carbocycles. The fourth-order valence-electron chi connectivity index (χ4n) is 1.29. The summed E-state index contributed by atoms with van der Waals surface area (Å²) in [5.41, 5.74) is 0. The van der Waals surface area contributed by atoms with Crippen LogP contribution < -0.4 is 10.6 Å². The van der Waals surface area contributed by atoms with Crippen LogP contribution in [0.4, 0.5) is 0 Å². The highest BCUT2D eigenvalue weighted by Gasteiger charge is 2.28. The van der Waals surface area contributed by atoms with Crippen molar-refractivity contribution in [2.75, 3.05) is 19.7 Å². The summed E-state index contributed by atoms with van der Waals surface area (Å²) in [4.78, 5) is 22.2. The first kappa shape index (κ1) is 9.98. The number of amides is 1. The maximum atomic E-state index is 11.2. The molecule has 0 spiro atoms. The number of nitrogens with one attached hydrogen (secondary N) is 1. The lowest BCUT2D eigenvalue weighted by molar-refractivity contribution is -0.678. The van der Waals surface area contributed by atoms with E-state index in [1.54, 1.807) is 6.92 Å². The van der Waals surface area contributed by atoms with E-state index in [4.69, 9.17) is 4.74 Å². The topological polar surface area (TPSA) is 72.0 Å². The minimum atomic E-state index is -0.305. The third kappa shape index (κ3) is 3.02. The molecule has 1 fully saturated rings. The molecule has 0 aliphatic carbocycles. The Morgan fingerprint density at radius 2 is 2.54 bits per heavy atom. The van der Waals surface area contributed by atoms with E-state index >= 15 is 0 Å². The molecule has 0 radical (unpaired) electrons. The van der Waals surface area contributed by atoms with Gasteiger partial charge in [-0.25, -0.2) is 0 Å². The monoisotopic (exact) mass is 187 g/mol. The zero-order valence-electron chi connectivity index (χ0n) is 7.71. The number of nitrogens with two attached hydrogens (primary N) is 1. The molecule has 0 bridgehead atoms. The normalized spacial score (nSPS) is 22.2. The molecular weight excluding hydrogens is 172 g/mol. The molecule has 13 heavy (non-hydrogen) atoms. The van der Waals surface area contributed by atoms with Gasteiger partial charge >= 0.3 is 5.97 Å². The van der Waals surface area contributed by atoms with Gasteiger partial charge in [0.25, 0.3) is 5.91 Å². The largest absolute Gasteiger partial charge is 0.466 e. The first-order chi connectivity index (χ1) is 6.24. The van der Waals surface area contributed by atoms with Gasteiger partial charge in [0.15, 0.2) is 6.04 Å². The smallest absolute Gasteiger partial charge is 0.312 e. The minimum absolute atomic E-state index is 0.0701. The summed E-state index contributed by atoms with van der Waals surface area (Å²) in [5.74, 6) is -0.375. The Kier molecular flexibility index (Phi) is 3.70. The standard InChI is InChI=1S/C8H14N2O3/c1-2-13-7(11)5-6-8(12)10-4-3-9-6/h6,9H,2-5H2,1H3,(H,10,12)/p+1. The summed E-state index contributed by atoms with van der Waals surface area (Å²) in [6.45, 7) is 3.63. The number of quaternary nitrogens is 1. The summed E-state index contributed by atoms with van der Waals surface area (Å²) in [7, 11) is 0. The van der Waals surface area contributed by atoms with Crippen molar-refractivity contribution in [1.82, 2.24) is 5.32 Å². The van der Waals surface area contributed by atoms with Crippen molar-refractivity contribution in [2.45, 2.75) is 19.4 Å². The van der Waals surface area contributed by atoms with Gasteiger partial charge in [-0.3, -0.25) is 9.59 Å². The second kappa shape index (κ2) is 4.81. The molecule has 1 rings (SSSR count). The quantitative estimate of drug-likeness (QED) is 0.502. The molecule has 1 amide bonds. The van der Waals surface area contributed by atoms with Gasteiger partial charge in [-0.05, 0) is 6.92 Å². The third-order valence-corrected chi connectivity index (χ3v) is 1.92. The summed E-state index contributed by atoms with van der Waals surface area (Å²) in [5, 5.41) is 4.57. The van der Waals surface area contributed by atoms with Crippen LogP contribution in [0.2, 0.25) is 0 Å². The Bertz CT molecular complexity index is 206. The fraction of sp³-hybridized carbons (Fsp3) is 0.750. The maximum absolute atomic E-state index is 11.2. The number of ether oxygens (including phenoxy) is 1. The van der Waals surface area contributed by atoms with Crippen LogP contribution in [0.3, 0.4) is 0 Å². The van der Waals surface area contributed by atoms with Crippen LogP contribution in [0.1, 0.15) is 13.3 Å². The molecule has 5 nitrogen and oxygen atoms in total. The lowest BCUT2D eigenvalue weighted by atomic mass is 10.1. The zero-order chi connectivity index (χ0) is 9.68. The van der Waals surface area contributed by atoms with E-state index in [2.05, 4.69) is 5.32 Å².